The molecule has 4 aromatic rings. The van der Waals surface area contributed by atoms with Crippen LogP contribution in [0.3, 0.4) is 0 Å². The van der Waals surface area contributed by atoms with E-state index in [1.54, 1.807) is 27.4 Å². The van der Waals surface area contributed by atoms with E-state index in [-0.39, 0.29) is 0 Å². The van der Waals surface area contributed by atoms with Gasteiger partial charge in [0.15, 0.2) is 0 Å². The number of aromatic nitrogens is 1. The Morgan fingerprint density at radius 1 is 0.543 bits per heavy atom. The number of nitrogens with zero attached hydrogens (tertiary/aromatic N) is 1. The molecule has 3 aromatic carbocycles. The van der Waals surface area contributed by atoms with Crippen molar-refractivity contribution in [1.82, 2.24) is 4.98 Å². The quantitative estimate of drug-likeness (QED) is 0.250. The summed E-state index contributed by atoms with van der Waals surface area (Å²) in [5, 5.41) is 0. The molecule has 180 valence electrons. The van der Waals surface area contributed by atoms with Gasteiger partial charge in [-0.05, 0) is 78.9 Å². The van der Waals surface area contributed by atoms with E-state index >= 15 is 0 Å². The van der Waals surface area contributed by atoms with E-state index in [0.29, 0.717) is 29.5 Å². The minimum Gasteiger partial charge on any atom is -0.497 e. The number of rotatable bonds is 11. The van der Waals surface area contributed by atoms with E-state index in [2.05, 4.69) is 4.98 Å². The molecule has 1 aromatic heterocycles. The summed E-state index contributed by atoms with van der Waals surface area (Å²) in [6, 6.07) is 27.6. The van der Waals surface area contributed by atoms with Crippen LogP contribution in [0.15, 0.2) is 91.0 Å². The fourth-order valence-corrected chi connectivity index (χ4v) is 3.28. The topological polar surface area (TPSA) is 68.3 Å². The van der Waals surface area contributed by atoms with Gasteiger partial charge in [-0.2, -0.15) is 0 Å². The summed E-state index contributed by atoms with van der Waals surface area (Å²) < 4.78 is 33.9. The van der Waals surface area contributed by atoms with Crippen molar-refractivity contribution in [2.24, 2.45) is 0 Å². The number of hydrogen-bond donors (Lipinski definition) is 0. The Morgan fingerprint density at radius 2 is 0.971 bits per heavy atom. The van der Waals surface area contributed by atoms with E-state index < -0.39 is 6.29 Å². The van der Waals surface area contributed by atoms with Gasteiger partial charge >= 0.3 is 0 Å². The minimum absolute atomic E-state index is 0.387. The molecule has 0 radical (unpaired) electrons. The molecule has 1 heterocycles. The maximum atomic E-state index is 6.16. The first-order valence-electron chi connectivity index (χ1n) is 11.0. The van der Waals surface area contributed by atoms with Crippen molar-refractivity contribution in [3.05, 3.63) is 96.7 Å². The number of pyridine rings is 1. The molecule has 0 N–H and O–H groups in total. The van der Waals surface area contributed by atoms with Crippen molar-refractivity contribution >= 4 is 0 Å². The summed E-state index contributed by atoms with van der Waals surface area (Å²) in [5.41, 5.74) is 0.753. The molecule has 0 saturated carbocycles. The molecular formula is C28H27NO6. The van der Waals surface area contributed by atoms with Crippen LogP contribution >= 0.6 is 0 Å². The summed E-state index contributed by atoms with van der Waals surface area (Å²) in [7, 11) is 4.87. The van der Waals surface area contributed by atoms with Gasteiger partial charge in [0.05, 0.1) is 33.4 Å². The van der Waals surface area contributed by atoms with E-state index in [0.717, 1.165) is 22.9 Å². The van der Waals surface area contributed by atoms with Crippen LogP contribution in [0, 0.1) is 0 Å². The van der Waals surface area contributed by atoms with Crippen molar-refractivity contribution < 1.29 is 28.4 Å². The highest BCUT2D eigenvalue weighted by Gasteiger charge is 2.16. The van der Waals surface area contributed by atoms with Gasteiger partial charge in [0.25, 0.3) is 0 Å². The van der Waals surface area contributed by atoms with Crippen molar-refractivity contribution in [3.63, 3.8) is 0 Å². The monoisotopic (exact) mass is 473 g/mol. The Kier molecular flexibility index (Phi) is 7.91. The normalized spacial score (nSPS) is 10.5. The zero-order valence-electron chi connectivity index (χ0n) is 19.8. The molecule has 0 aliphatic carbocycles. The Morgan fingerprint density at radius 3 is 1.43 bits per heavy atom. The van der Waals surface area contributed by atoms with Gasteiger partial charge in [0.1, 0.15) is 34.5 Å². The first-order valence-corrected chi connectivity index (χ1v) is 11.0. The molecule has 0 atom stereocenters. The third kappa shape index (κ3) is 6.80. The average molecular weight is 474 g/mol. The predicted molar refractivity (Wildman–Crippen MR) is 132 cm³/mol. The molecule has 7 heteroatoms. The van der Waals surface area contributed by atoms with Gasteiger partial charge in [0, 0.05) is 6.07 Å². The van der Waals surface area contributed by atoms with Crippen LogP contribution in [0.5, 0.6) is 40.4 Å². The molecule has 35 heavy (non-hydrogen) atoms. The third-order valence-electron chi connectivity index (χ3n) is 5.09. The Balaban J connectivity index is 1.50. The van der Waals surface area contributed by atoms with Crippen LogP contribution in [-0.2, 0) is 6.42 Å². The SMILES string of the molecule is COc1ccc(Oc2cccc(CC(Oc3ccc(OC)cc3)Oc3ccc(OC)cc3)n2)cc1. The number of benzene rings is 3. The fraction of sp³-hybridized carbons (Fsp3) is 0.179. The first-order chi connectivity index (χ1) is 17.1. The van der Waals surface area contributed by atoms with Crippen molar-refractivity contribution in [1.29, 1.82) is 0 Å². The summed E-state index contributed by atoms with van der Waals surface area (Å²) in [6.45, 7) is 0. The second-order valence-corrected chi connectivity index (χ2v) is 7.47. The lowest BCUT2D eigenvalue weighted by atomic mass is 10.2. The Hall–Kier alpha value is -4.39. The lowest BCUT2D eigenvalue weighted by Gasteiger charge is -2.21. The van der Waals surface area contributed by atoms with E-state index in [1.165, 1.54) is 0 Å². The summed E-state index contributed by atoms with van der Waals surface area (Å²) in [4.78, 5) is 4.63. The van der Waals surface area contributed by atoms with Crippen LogP contribution in [0.1, 0.15) is 5.69 Å². The molecule has 0 fully saturated rings. The van der Waals surface area contributed by atoms with Crippen LogP contribution in [0.25, 0.3) is 0 Å². The first kappa shape index (κ1) is 23.8. The highest BCUT2D eigenvalue weighted by molar-refractivity contribution is 5.35. The van der Waals surface area contributed by atoms with Gasteiger partial charge in [-0.25, -0.2) is 4.98 Å². The molecule has 0 unspecified atom stereocenters. The lowest BCUT2D eigenvalue weighted by molar-refractivity contribution is 0.00580. The molecular weight excluding hydrogens is 446 g/mol. The Labute approximate surface area is 204 Å². The van der Waals surface area contributed by atoms with Crippen LogP contribution in [0.2, 0.25) is 0 Å². The molecule has 0 spiro atoms. The van der Waals surface area contributed by atoms with Crippen molar-refractivity contribution in [2.45, 2.75) is 12.7 Å². The Bertz CT molecular complexity index is 1140. The van der Waals surface area contributed by atoms with Gasteiger partial charge in [0.2, 0.25) is 12.2 Å². The second-order valence-electron chi connectivity index (χ2n) is 7.47. The smallest absolute Gasteiger partial charge is 0.246 e. The zero-order chi connectivity index (χ0) is 24.5. The number of methoxy groups -OCH3 is 3. The molecule has 4 rings (SSSR count). The van der Waals surface area contributed by atoms with Crippen molar-refractivity contribution in [2.75, 3.05) is 21.3 Å². The third-order valence-corrected chi connectivity index (χ3v) is 5.09. The number of hydrogen-bond acceptors (Lipinski definition) is 7. The van der Waals surface area contributed by atoms with Gasteiger partial charge < -0.3 is 28.4 Å². The maximum Gasteiger partial charge on any atom is 0.246 e. The summed E-state index contributed by atoms with van der Waals surface area (Å²) in [5.74, 6) is 4.68. The average Bonchev–Trinajstić information content (AvgIpc) is 2.90. The van der Waals surface area contributed by atoms with E-state index in [1.807, 2.05) is 84.9 Å². The maximum absolute atomic E-state index is 6.16. The largest absolute Gasteiger partial charge is 0.497 e. The number of ether oxygens (including phenoxy) is 6. The molecule has 0 saturated heterocycles. The van der Waals surface area contributed by atoms with Gasteiger partial charge in [-0.15, -0.1) is 0 Å². The summed E-state index contributed by atoms with van der Waals surface area (Å²) in [6.07, 6.45) is -0.252. The van der Waals surface area contributed by atoms with Crippen LogP contribution in [0.4, 0.5) is 0 Å². The minimum atomic E-state index is -0.638. The molecule has 0 aliphatic rings. The van der Waals surface area contributed by atoms with E-state index in [9.17, 15) is 0 Å². The predicted octanol–water partition coefficient (Wildman–Crippen LogP) is 5.93. The highest BCUT2D eigenvalue weighted by Crippen LogP contribution is 2.25. The lowest BCUT2D eigenvalue weighted by Crippen LogP contribution is -2.27. The van der Waals surface area contributed by atoms with Gasteiger partial charge in [-0.1, -0.05) is 6.07 Å². The molecule has 7 nitrogen and oxygen atoms in total. The van der Waals surface area contributed by atoms with Gasteiger partial charge in [-0.3, -0.25) is 0 Å². The second kappa shape index (κ2) is 11.7. The summed E-state index contributed by atoms with van der Waals surface area (Å²) >= 11 is 0. The van der Waals surface area contributed by atoms with Crippen LogP contribution < -0.4 is 28.4 Å². The van der Waals surface area contributed by atoms with E-state index in [4.69, 9.17) is 28.4 Å². The standard InChI is InChI=1S/C28H27NO6/c1-30-21-7-13-24(14-8-21)33-27-6-4-5-20(29-27)19-28(34-25-15-9-22(31-2)10-16-25)35-26-17-11-23(32-3)12-18-26/h4-18,28H,19H2,1-3H3. The molecule has 0 bridgehead atoms. The van der Waals surface area contributed by atoms with Crippen molar-refractivity contribution in [3.8, 4) is 40.4 Å². The highest BCUT2D eigenvalue weighted by atomic mass is 16.7. The fourth-order valence-electron chi connectivity index (χ4n) is 3.28. The zero-order valence-corrected chi connectivity index (χ0v) is 19.8. The molecule has 0 amide bonds. The molecule has 0 aliphatic heterocycles. The van der Waals surface area contributed by atoms with Crippen LogP contribution in [-0.4, -0.2) is 32.6 Å².